The van der Waals surface area contributed by atoms with Gasteiger partial charge in [-0.3, -0.25) is 14.6 Å². The number of amides is 2. The molecule has 0 saturated carbocycles. The zero-order valence-electron chi connectivity index (χ0n) is 22.5. The molecule has 9 nitrogen and oxygen atoms in total. The second-order valence-corrected chi connectivity index (χ2v) is 9.72. The van der Waals surface area contributed by atoms with Crippen LogP contribution in [0.1, 0.15) is 25.7 Å². The second-order valence-electron chi connectivity index (χ2n) is 9.31. The Morgan fingerprint density at radius 1 is 0.905 bits per heavy atom. The van der Waals surface area contributed by atoms with Gasteiger partial charge in [-0.2, -0.15) is 0 Å². The van der Waals surface area contributed by atoms with E-state index in [1.807, 2.05) is 0 Å². The molecule has 1 aromatic heterocycles. The molecule has 0 atom stereocenters. The van der Waals surface area contributed by atoms with Crippen LogP contribution < -0.4 is 29.6 Å². The highest BCUT2D eigenvalue weighted by molar-refractivity contribution is 6.33. The van der Waals surface area contributed by atoms with E-state index in [0.29, 0.717) is 59.9 Å². The van der Waals surface area contributed by atoms with E-state index in [9.17, 15) is 14.0 Å². The number of benzene rings is 3. The van der Waals surface area contributed by atoms with Crippen molar-refractivity contribution in [2.45, 2.75) is 25.7 Å². The van der Waals surface area contributed by atoms with Gasteiger partial charge in [-0.25, -0.2) is 8.78 Å². The summed E-state index contributed by atoms with van der Waals surface area (Å²) in [5, 5.41) is 5.81. The smallest absolute Gasteiger partial charge is 0.224 e. The molecule has 0 fully saturated rings. The minimum atomic E-state index is -0.753. The third-order valence-electron chi connectivity index (χ3n) is 6.36. The second kappa shape index (κ2) is 12.9. The number of rotatable bonds is 10. The van der Waals surface area contributed by atoms with Gasteiger partial charge in [-0.05, 0) is 43.2 Å². The number of hydrogen-bond donors (Lipinski definition) is 2. The summed E-state index contributed by atoms with van der Waals surface area (Å²) in [6.45, 7) is 0.650. The molecule has 0 radical (unpaired) electrons. The van der Waals surface area contributed by atoms with Gasteiger partial charge in [-0.15, -0.1) is 0 Å². The molecule has 0 spiro atoms. The summed E-state index contributed by atoms with van der Waals surface area (Å²) in [6.07, 6.45) is 2.65. The van der Waals surface area contributed by atoms with Crippen LogP contribution in [0.4, 0.5) is 20.2 Å². The van der Waals surface area contributed by atoms with Gasteiger partial charge in [-0.1, -0.05) is 11.6 Å². The lowest BCUT2D eigenvalue weighted by Gasteiger charge is -2.23. The number of nitrogens with one attached hydrogen (secondary N) is 2. The SMILES string of the molecule is COc1cc2nccc(Oc3cc(Cl)c(NC(=O)CCCCC(=O)Nc4ccc(F)cc4)cc3F)c2c2c1OCCO2. The summed E-state index contributed by atoms with van der Waals surface area (Å²) in [7, 11) is 1.51. The van der Waals surface area contributed by atoms with Crippen LogP contribution in [-0.2, 0) is 9.59 Å². The molecular formula is C30H26ClF2N3O6. The van der Waals surface area contributed by atoms with Crippen LogP contribution in [0, 0.1) is 11.6 Å². The molecule has 3 aromatic carbocycles. The Balaban J connectivity index is 1.21. The number of carbonyl (C=O) groups is 2. The van der Waals surface area contributed by atoms with Crippen molar-refractivity contribution in [1.29, 1.82) is 0 Å². The largest absolute Gasteiger partial charge is 0.493 e. The highest BCUT2D eigenvalue weighted by Crippen LogP contribution is 2.48. The number of methoxy groups -OCH3 is 1. The topological polar surface area (TPSA) is 108 Å². The van der Waals surface area contributed by atoms with Crippen LogP contribution in [0.25, 0.3) is 10.9 Å². The van der Waals surface area contributed by atoms with Gasteiger partial charge in [0.15, 0.2) is 23.1 Å². The van der Waals surface area contributed by atoms with Crippen molar-refractivity contribution in [2.24, 2.45) is 0 Å². The number of ether oxygens (including phenoxy) is 4. The summed E-state index contributed by atoms with van der Waals surface area (Å²) in [6, 6.07) is 11.0. The summed E-state index contributed by atoms with van der Waals surface area (Å²) in [5.74, 6) is -0.458. The number of pyridine rings is 1. The van der Waals surface area contributed by atoms with Gasteiger partial charge in [0.25, 0.3) is 0 Å². The molecule has 12 heteroatoms. The molecule has 0 aliphatic carbocycles. The molecule has 0 saturated heterocycles. The Morgan fingerprint density at radius 3 is 2.31 bits per heavy atom. The van der Waals surface area contributed by atoms with E-state index in [1.165, 1.54) is 43.6 Å². The third-order valence-corrected chi connectivity index (χ3v) is 6.68. The van der Waals surface area contributed by atoms with Crippen molar-refractivity contribution in [3.63, 3.8) is 0 Å². The molecule has 1 aliphatic rings. The van der Waals surface area contributed by atoms with E-state index in [2.05, 4.69) is 15.6 Å². The monoisotopic (exact) mass is 597 g/mol. The van der Waals surface area contributed by atoms with E-state index in [-0.39, 0.29) is 46.9 Å². The molecule has 4 aromatic rings. The van der Waals surface area contributed by atoms with Gasteiger partial charge in [0.05, 0.1) is 28.7 Å². The van der Waals surface area contributed by atoms with Crippen LogP contribution in [0.5, 0.6) is 28.7 Å². The zero-order chi connectivity index (χ0) is 29.6. The number of aromatic nitrogens is 1. The third kappa shape index (κ3) is 6.63. The van der Waals surface area contributed by atoms with Gasteiger partial charge >= 0.3 is 0 Å². The fourth-order valence-electron chi connectivity index (χ4n) is 4.37. The molecule has 2 amide bonds. The molecule has 218 valence electrons. The summed E-state index contributed by atoms with van der Waals surface area (Å²) >= 11 is 6.36. The first kappa shape index (κ1) is 28.9. The predicted octanol–water partition coefficient (Wildman–Crippen LogP) is 6.88. The van der Waals surface area contributed by atoms with Crippen molar-refractivity contribution < 1.29 is 37.3 Å². The first-order valence-corrected chi connectivity index (χ1v) is 13.5. The van der Waals surface area contributed by atoms with E-state index in [4.69, 9.17) is 30.5 Å². The maximum absolute atomic E-state index is 15.1. The number of carbonyl (C=O) groups excluding carboxylic acids is 2. The maximum Gasteiger partial charge on any atom is 0.224 e. The average Bonchev–Trinajstić information content (AvgIpc) is 2.98. The van der Waals surface area contributed by atoms with Crippen LogP contribution in [0.2, 0.25) is 5.02 Å². The summed E-state index contributed by atoms with van der Waals surface area (Å²) in [4.78, 5) is 28.9. The van der Waals surface area contributed by atoms with Gasteiger partial charge in [0.1, 0.15) is 24.8 Å². The lowest BCUT2D eigenvalue weighted by molar-refractivity contribution is -0.118. The fourth-order valence-corrected chi connectivity index (χ4v) is 4.57. The predicted molar refractivity (Wildman–Crippen MR) is 153 cm³/mol. The molecule has 1 aliphatic heterocycles. The van der Waals surface area contributed by atoms with Crippen LogP contribution >= 0.6 is 11.6 Å². The molecule has 2 N–H and O–H groups in total. The molecule has 42 heavy (non-hydrogen) atoms. The number of nitrogens with zero attached hydrogens (tertiary/aromatic N) is 1. The first-order valence-electron chi connectivity index (χ1n) is 13.1. The van der Waals surface area contributed by atoms with Crippen LogP contribution in [0.3, 0.4) is 0 Å². The number of unbranched alkanes of at least 4 members (excludes halogenated alkanes) is 1. The molecule has 0 bridgehead atoms. The standard InChI is InChI=1S/C30H26ClF2N3O6/c1-39-25-16-22-28(30-29(25)40-12-13-41-30)23(10-11-34-22)42-24-14-19(31)21(15-20(24)33)36-27(38)5-3-2-4-26(37)35-18-8-6-17(32)7-9-18/h6-11,14-16H,2-5,12-13H2,1H3,(H,35,37)(H,36,38). The van der Waals surface area contributed by atoms with E-state index >= 15 is 4.39 Å². The average molecular weight is 598 g/mol. The number of hydrogen-bond acceptors (Lipinski definition) is 7. The van der Waals surface area contributed by atoms with Crippen molar-refractivity contribution >= 4 is 45.7 Å². The lowest BCUT2D eigenvalue weighted by atomic mass is 10.1. The summed E-state index contributed by atoms with van der Waals surface area (Å²) in [5.41, 5.74) is 1.07. The normalized spacial score (nSPS) is 12.1. The van der Waals surface area contributed by atoms with Crippen molar-refractivity contribution in [2.75, 3.05) is 31.0 Å². The van der Waals surface area contributed by atoms with E-state index in [0.717, 1.165) is 6.07 Å². The van der Waals surface area contributed by atoms with E-state index < -0.39 is 11.6 Å². The number of anilines is 2. The molecule has 2 heterocycles. The Labute approximate surface area is 244 Å². The van der Waals surface area contributed by atoms with Crippen molar-refractivity contribution in [3.05, 3.63) is 71.4 Å². The Kier molecular flexibility index (Phi) is 8.87. The van der Waals surface area contributed by atoms with Crippen molar-refractivity contribution in [3.8, 4) is 28.7 Å². The zero-order valence-corrected chi connectivity index (χ0v) is 23.2. The number of halogens is 3. The van der Waals surface area contributed by atoms with Gasteiger partial charge in [0, 0.05) is 42.9 Å². The van der Waals surface area contributed by atoms with E-state index in [1.54, 1.807) is 12.1 Å². The fraction of sp³-hybridized carbons (Fsp3) is 0.233. The van der Waals surface area contributed by atoms with Gasteiger partial charge < -0.3 is 29.6 Å². The Morgan fingerprint density at radius 2 is 1.60 bits per heavy atom. The molecule has 0 unspecified atom stereocenters. The Bertz CT molecular complexity index is 1630. The quantitative estimate of drug-likeness (QED) is 0.192. The highest BCUT2D eigenvalue weighted by atomic mass is 35.5. The minimum Gasteiger partial charge on any atom is -0.493 e. The Hall–Kier alpha value is -4.64. The van der Waals surface area contributed by atoms with Gasteiger partial charge in [0.2, 0.25) is 17.6 Å². The number of fused-ring (bicyclic) bond motifs is 3. The molecule has 5 rings (SSSR count). The minimum absolute atomic E-state index is 0.0695. The first-order chi connectivity index (χ1) is 20.3. The van der Waals surface area contributed by atoms with Crippen LogP contribution in [-0.4, -0.2) is 37.1 Å². The van der Waals surface area contributed by atoms with Crippen LogP contribution in [0.15, 0.2) is 54.7 Å². The lowest BCUT2D eigenvalue weighted by Crippen LogP contribution is -2.16. The van der Waals surface area contributed by atoms with Crippen molar-refractivity contribution in [1.82, 2.24) is 4.98 Å². The maximum atomic E-state index is 15.1. The summed E-state index contributed by atoms with van der Waals surface area (Å²) < 4.78 is 51.0. The highest BCUT2D eigenvalue weighted by Gasteiger charge is 2.25. The molecular weight excluding hydrogens is 572 g/mol.